The fourth-order valence-corrected chi connectivity index (χ4v) is 9.72. The highest BCUT2D eigenvalue weighted by molar-refractivity contribution is 9.10. The Bertz CT molecular complexity index is 3120. The summed E-state index contributed by atoms with van der Waals surface area (Å²) >= 11 is 3.92. The number of ether oxygens (including phenoxy) is 5. The smallest absolute Gasteiger partial charge is 0.418 e. The molecule has 1 N–H and O–H groups in total. The van der Waals surface area contributed by atoms with Crippen molar-refractivity contribution in [2.24, 2.45) is 0 Å². The SMILES string of the molecule is COCCn1c(-c2ccc(C(C)C)cc2)nc2c(Br)c(CN(c3ccccc3)C(O)Cc3ccccc3OCc3cc(OC)c4c(nc(-c5ccc(C(C)C)cc5)n4CCOC)c3C(F)(F)F)cc(OC)c21. The van der Waals surface area contributed by atoms with Crippen LogP contribution in [0.3, 0.4) is 0 Å². The monoisotopic (exact) mass is 1050 g/mol. The van der Waals surface area contributed by atoms with E-state index in [1.54, 1.807) is 44.1 Å². The van der Waals surface area contributed by atoms with Crippen molar-refractivity contribution >= 4 is 43.7 Å². The first kappa shape index (κ1) is 51.9. The topological polar surface area (TPSA) is 105 Å². The number of rotatable bonds is 21. The summed E-state index contributed by atoms with van der Waals surface area (Å²) in [7, 11) is 6.27. The van der Waals surface area contributed by atoms with Gasteiger partial charge in [0.2, 0.25) is 0 Å². The maximum absolute atomic E-state index is 15.5. The molecule has 0 amide bonds. The zero-order chi connectivity index (χ0) is 51.3. The van der Waals surface area contributed by atoms with Crippen molar-refractivity contribution in [1.29, 1.82) is 0 Å². The third-order valence-corrected chi connectivity index (χ3v) is 13.9. The van der Waals surface area contributed by atoms with E-state index in [1.165, 1.54) is 18.7 Å². The number of alkyl halides is 3. The van der Waals surface area contributed by atoms with Crippen molar-refractivity contribution in [3.05, 3.63) is 153 Å². The van der Waals surface area contributed by atoms with Gasteiger partial charge in [0.15, 0.2) is 0 Å². The quantitative estimate of drug-likeness (QED) is 0.0704. The van der Waals surface area contributed by atoms with Gasteiger partial charge < -0.3 is 42.8 Å². The molecule has 1 atom stereocenters. The Kier molecular flexibility index (Phi) is 16.3. The summed E-state index contributed by atoms with van der Waals surface area (Å²) in [4.78, 5) is 11.8. The van der Waals surface area contributed by atoms with E-state index in [-0.39, 0.29) is 54.4 Å². The normalized spacial score (nSPS) is 12.4. The lowest BCUT2D eigenvalue weighted by Crippen LogP contribution is -2.36. The predicted octanol–water partition coefficient (Wildman–Crippen LogP) is 13.2. The third-order valence-electron chi connectivity index (χ3n) is 13.0. The molecule has 378 valence electrons. The molecule has 0 aliphatic heterocycles. The number of anilines is 1. The van der Waals surface area contributed by atoms with Gasteiger partial charge in [0.05, 0.1) is 37.5 Å². The highest BCUT2D eigenvalue weighted by Crippen LogP contribution is 2.44. The second-order valence-electron chi connectivity index (χ2n) is 18.3. The molecule has 0 radical (unpaired) electrons. The van der Waals surface area contributed by atoms with Gasteiger partial charge in [-0.25, -0.2) is 9.97 Å². The van der Waals surface area contributed by atoms with E-state index in [1.807, 2.05) is 71.6 Å². The molecule has 0 aliphatic rings. The Labute approximate surface area is 427 Å². The zero-order valence-corrected chi connectivity index (χ0v) is 43.5. The van der Waals surface area contributed by atoms with Crippen molar-refractivity contribution in [3.63, 3.8) is 0 Å². The Hall–Kier alpha value is -6.39. The first-order valence-corrected chi connectivity index (χ1v) is 24.8. The maximum atomic E-state index is 15.5. The summed E-state index contributed by atoms with van der Waals surface area (Å²) in [6, 6.07) is 36.0. The molecule has 1 unspecified atom stereocenters. The summed E-state index contributed by atoms with van der Waals surface area (Å²) in [6.45, 7) is 9.69. The van der Waals surface area contributed by atoms with Crippen LogP contribution >= 0.6 is 15.9 Å². The van der Waals surface area contributed by atoms with Gasteiger partial charge in [0, 0.05) is 62.7 Å². The molecule has 72 heavy (non-hydrogen) atoms. The minimum absolute atomic E-state index is 0.0571. The first-order valence-electron chi connectivity index (χ1n) is 24.0. The molecule has 0 fully saturated rings. The molecular weight excluding hydrogens is 988 g/mol. The van der Waals surface area contributed by atoms with E-state index >= 15 is 13.2 Å². The fourth-order valence-electron chi connectivity index (χ4n) is 9.20. The van der Waals surface area contributed by atoms with Crippen LogP contribution in [0.1, 0.15) is 72.9 Å². The Morgan fingerprint density at radius 1 is 0.625 bits per heavy atom. The number of aliphatic hydroxyl groups is 1. The van der Waals surface area contributed by atoms with Crippen LogP contribution in [-0.2, 0) is 48.3 Å². The number of methoxy groups -OCH3 is 4. The van der Waals surface area contributed by atoms with E-state index in [0.717, 1.165) is 38.2 Å². The summed E-state index contributed by atoms with van der Waals surface area (Å²) < 4.78 is 80.2. The number of halogens is 4. The van der Waals surface area contributed by atoms with Gasteiger partial charge in [-0.1, -0.05) is 113 Å². The molecule has 0 bridgehead atoms. The van der Waals surface area contributed by atoms with Gasteiger partial charge in [-0.15, -0.1) is 0 Å². The Morgan fingerprint density at radius 2 is 1.12 bits per heavy atom. The molecule has 2 aromatic heterocycles. The van der Waals surface area contributed by atoms with Crippen molar-refractivity contribution in [1.82, 2.24) is 19.1 Å². The molecule has 15 heteroatoms. The van der Waals surface area contributed by atoms with Crippen LogP contribution in [0.2, 0.25) is 0 Å². The van der Waals surface area contributed by atoms with Crippen molar-refractivity contribution < 1.29 is 42.0 Å². The zero-order valence-electron chi connectivity index (χ0n) is 41.9. The predicted molar refractivity (Wildman–Crippen MR) is 281 cm³/mol. The summed E-state index contributed by atoms with van der Waals surface area (Å²) in [5, 5.41) is 12.3. The van der Waals surface area contributed by atoms with Crippen LogP contribution in [0.15, 0.2) is 120 Å². The second kappa shape index (κ2) is 22.6. The molecule has 6 aromatic carbocycles. The van der Waals surface area contributed by atoms with Crippen molar-refractivity contribution in [2.45, 2.75) is 84.6 Å². The van der Waals surface area contributed by atoms with Gasteiger partial charge in [-0.3, -0.25) is 0 Å². The van der Waals surface area contributed by atoms with Crippen molar-refractivity contribution in [3.8, 4) is 40.0 Å². The number of para-hydroxylation sites is 2. The maximum Gasteiger partial charge on any atom is 0.418 e. The van der Waals surface area contributed by atoms with Crippen LogP contribution in [0.4, 0.5) is 18.9 Å². The van der Waals surface area contributed by atoms with E-state index in [4.69, 9.17) is 33.7 Å². The van der Waals surface area contributed by atoms with Gasteiger partial charge in [-0.05, 0) is 80.4 Å². The lowest BCUT2D eigenvalue weighted by molar-refractivity contribution is -0.137. The number of aromatic nitrogens is 4. The van der Waals surface area contributed by atoms with Crippen LogP contribution in [0.25, 0.3) is 44.8 Å². The minimum Gasteiger partial charge on any atom is -0.494 e. The van der Waals surface area contributed by atoms with Gasteiger partial charge in [0.25, 0.3) is 0 Å². The molecule has 8 aromatic rings. The number of benzene rings is 6. The molecule has 0 saturated heterocycles. The van der Waals surface area contributed by atoms with Crippen LogP contribution in [0, 0.1) is 0 Å². The minimum atomic E-state index is -4.81. The molecule has 0 aliphatic carbocycles. The number of nitrogens with zero attached hydrogens (tertiary/aromatic N) is 5. The van der Waals surface area contributed by atoms with Crippen molar-refractivity contribution in [2.75, 3.05) is 46.6 Å². The molecular formula is C57H61BrF3N5O6. The summed E-state index contributed by atoms with van der Waals surface area (Å²) in [6.07, 6.45) is -5.88. The fraction of sp³-hybridized carbons (Fsp3) is 0.333. The van der Waals surface area contributed by atoms with Gasteiger partial charge in [-0.2, -0.15) is 13.2 Å². The number of hydrogen-bond acceptors (Lipinski definition) is 9. The number of aliphatic hydroxyl groups excluding tert-OH is 1. The van der Waals surface area contributed by atoms with Gasteiger partial charge >= 0.3 is 6.18 Å². The van der Waals surface area contributed by atoms with E-state index in [2.05, 4.69) is 72.5 Å². The largest absolute Gasteiger partial charge is 0.494 e. The second-order valence-corrected chi connectivity index (χ2v) is 19.1. The molecule has 11 nitrogen and oxygen atoms in total. The standard InChI is InChI=1S/C57H61BrF3N5O6/c1-35(2)37-18-22-39(23-19-37)55-62-51-49(57(59,60)61)43(31-47(71-8)53(51)64(55)26-28-68-5)34-72-45-17-13-12-14-41(45)32-48(67)66(44-15-10-9-11-16-44)33-42-30-46(70-7)54-52(50(42)58)63-56(65(54)27-29-69-6)40-24-20-38(21-25-40)36(3)4/h9-25,30-31,35-36,48,67H,26-29,32-34H2,1-8H3. The number of hydrogen-bond donors (Lipinski definition) is 1. The molecule has 0 spiro atoms. The average molecular weight is 1050 g/mol. The molecule has 2 heterocycles. The van der Waals surface area contributed by atoms with E-state index in [0.29, 0.717) is 53.0 Å². The van der Waals surface area contributed by atoms with E-state index in [9.17, 15) is 5.11 Å². The highest BCUT2D eigenvalue weighted by Gasteiger charge is 2.39. The number of fused-ring (bicyclic) bond motifs is 2. The average Bonchev–Trinajstić information content (AvgIpc) is 3.96. The number of imidazole rings is 2. The highest BCUT2D eigenvalue weighted by atomic mass is 79.9. The van der Waals surface area contributed by atoms with Crippen LogP contribution in [-0.4, -0.2) is 72.1 Å². The third kappa shape index (κ3) is 10.8. The lowest BCUT2D eigenvalue weighted by Gasteiger charge is -2.31. The Balaban J connectivity index is 1.13. The summed E-state index contributed by atoms with van der Waals surface area (Å²) in [5.74, 6) is 2.90. The molecule has 8 rings (SSSR count). The molecule has 0 saturated carbocycles. The van der Waals surface area contributed by atoms with Gasteiger partial charge in [0.1, 0.15) is 63.8 Å². The summed E-state index contributed by atoms with van der Waals surface area (Å²) in [5.41, 5.74) is 6.43. The van der Waals surface area contributed by atoms with Crippen LogP contribution < -0.4 is 19.1 Å². The first-order chi connectivity index (χ1) is 34.7. The van der Waals surface area contributed by atoms with Crippen LogP contribution in [0.5, 0.6) is 17.2 Å². The lowest BCUT2D eigenvalue weighted by atomic mass is 10.0. The van der Waals surface area contributed by atoms with E-state index < -0.39 is 24.6 Å². The Morgan fingerprint density at radius 3 is 1.64 bits per heavy atom.